The molecule has 0 aromatic heterocycles. The van der Waals surface area contributed by atoms with Crippen molar-refractivity contribution in [1.29, 1.82) is 0 Å². The lowest BCUT2D eigenvalue weighted by atomic mass is 10.0. The molecule has 2 bridgehead atoms. The highest BCUT2D eigenvalue weighted by atomic mass is 35.5. The van der Waals surface area contributed by atoms with Gasteiger partial charge in [0.1, 0.15) is 0 Å². The van der Waals surface area contributed by atoms with Gasteiger partial charge in [-0.3, -0.25) is 4.79 Å². The second-order valence-corrected chi connectivity index (χ2v) is 6.75. The van der Waals surface area contributed by atoms with Gasteiger partial charge in [-0.25, -0.2) is 0 Å². The molecule has 0 radical (unpaired) electrons. The quantitative estimate of drug-likeness (QED) is 0.781. The Kier molecular flexibility index (Phi) is 4.42. The van der Waals surface area contributed by atoms with Gasteiger partial charge in [-0.05, 0) is 61.9 Å². The van der Waals surface area contributed by atoms with Crippen LogP contribution in [-0.4, -0.2) is 30.3 Å². The molecule has 1 aromatic carbocycles. The highest BCUT2D eigenvalue weighted by molar-refractivity contribution is 6.30. The Labute approximate surface area is 126 Å². The monoisotopic (exact) mass is 291 g/mol. The number of nitrogens with zero attached hydrogens (tertiary/aromatic N) is 1. The van der Waals surface area contributed by atoms with E-state index < -0.39 is 0 Å². The maximum Gasteiger partial charge on any atom is 0.164 e. The second-order valence-electron chi connectivity index (χ2n) is 6.31. The van der Waals surface area contributed by atoms with Gasteiger partial charge in [0.15, 0.2) is 5.78 Å². The smallest absolute Gasteiger partial charge is 0.164 e. The molecule has 108 valence electrons. The number of rotatable bonds is 4. The zero-order chi connectivity index (χ0) is 13.9. The van der Waals surface area contributed by atoms with E-state index >= 15 is 0 Å². The van der Waals surface area contributed by atoms with E-state index in [0.29, 0.717) is 11.4 Å². The molecule has 1 aliphatic carbocycles. The third-order valence-corrected chi connectivity index (χ3v) is 5.09. The number of hydrogen-bond donors (Lipinski definition) is 0. The van der Waals surface area contributed by atoms with Crippen LogP contribution in [0.2, 0.25) is 5.02 Å². The fourth-order valence-corrected chi connectivity index (χ4v) is 3.80. The maximum atomic E-state index is 12.2. The van der Waals surface area contributed by atoms with Crippen LogP contribution in [0.4, 0.5) is 0 Å². The van der Waals surface area contributed by atoms with Crippen LogP contribution in [-0.2, 0) is 0 Å². The van der Waals surface area contributed by atoms with Crippen molar-refractivity contribution in [2.24, 2.45) is 11.8 Å². The molecule has 1 aromatic rings. The van der Waals surface area contributed by atoms with Crippen molar-refractivity contribution in [3.05, 3.63) is 34.9 Å². The van der Waals surface area contributed by atoms with E-state index in [1.807, 2.05) is 12.1 Å². The Hall–Kier alpha value is -0.860. The van der Waals surface area contributed by atoms with E-state index in [1.54, 1.807) is 12.1 Å². The summed E-state index contributed by atoms with van der Waals surface area (Å²) >= 11 is 5.85. The number of carbonyl (C=O) groups is 1. The summed E-state index contributed by atoms with van der Waals surface area (Å²) in [5.74, 6) is 2.07. The van der Waals surface area contributed by atoms with E-state index in [1.165, 1.54) is 38.8 Å². The molecular weight excluding hydrogens is 270 g/mol. The largest absolute Gasteiger partial charge is 0.303 e. The summed E-state index contributed by atoms with van der Waals surface area (Å²) in [4.78, 5) is 14.7. The first kappa shape index (κ1) is 14.1. The van der Waals surface area contributed by atoms with Crippen molar-refractivity contribution in [3.63, 3.8) is 0 Å². The molecule has 0 unspecified atom stereocenters. The SMILES string of the molecule is O=C(CCN1CC[C@H]2CC[C@@H](C2)C1)c1ccc(Cl)cc1. The van der Waals surface area contributed by atoms with Gasteiger partial charge in [0.2, 0.25) is 0 Å². The van der Waals surface area contributed by atoms with E-state index in [0.717, 1.165) is 23.9 Å². The topological polar surface area (TPSA) is 20.3 Å². The minimum absolute atomic E-state index is 0.232. The van der Waals surface area contributed by atoms with Crippen LogP contribution in [0.25, 0.3) is 0 Å². The van der Waals surface area contributed by atoms with E-state index in [4.69, 9.17) is 11.6 Å². The van der Waals surface area contributed by atoms with Crippen molar-refractivity contribution in [3.8, 4) is 0 Å². The third-order valence-electron chi connectivity index (χ3n) is 4.84. The fourth-order valence-electron chi connectivity index (χ4n) is 3.67. The molecule has 0 amide bonds. The Morgan fingerprint density at radius 1 is 1.15 bits per heavy atom. The van der Waals surface area contributed by atoms with Gasteiger partial charge in [-0.15, -0.1) is 0 Å². The average Bonchev–Trinajstić information content (AvgIpc) is 2.78. The van der Waals surface area contributed by atoms with Crippen LogP contribution in [0.15, 0.2) is 24.3 Å². The predicted octanol–water partition coefficient (Wildman–Crippen LogP) is 4.03. The number of Topliss-reactive ketones (excluding diaryl/α,β-unsaturated/α-hetero) is 1. The van der Waals surface area contributed by atoms with Crippen molar-refractivity contribution in [1.82, 2.24) is 4.90 Å². The minimum Gasteiger partial charge on any atom is -0.303 e. The number of benzene rings is 1. The zero-order valence-corrected chi connectivity index (χ0v) is 12.6. The first-order valence-electron chi connectivity index (χ1n) is 7.72. The van der Waals surface area contributed by atoms with Gasteiger partial charge < -0.3 is 4.90 Å². The first-order chi connectivity index (χ1) is 9.70. The molecule has 1 saturated carbocycles. The molecule has 3 rings (SSSR count). The predicted molar refractivity (Wildman–Crippen MR) is 82.3 cm³/mol. The zero-order valence-electron chi connectivity index (χ0n) is 11.9. The number of halogens is 1. The van der Waals surface area contributed by atoms with E-state index in [9.17, 15) is 4.79 Å². The van der Waals surface area contributed by atoms with E-state index in [2.05, 4.69) is 4.90 Å². The average molecular weight is 292 g/mol. The number of ketones is 1. The van der Waals surface area contributed by atoms with Crippen LogP contribution in [0.1, 0.15) is 42.5 Å². The Morgan fingerprint density at radius 2 is 1.90 bits per heavy atom. The highest BCUT2D eigenvalue weighted by Crippen LogP contribution is 2.36. The van der Waals surface area contributed by atoms with Crippen molar-refractivity contribution in [2.75, 3.05) is 19.6 Å². The first-order valence-corrected chi connectivity index (χ1v) is 8.09. The molecule has 2 fully saturated rings. The standard InChI is InChI=1S/C17H22ClNO/c18-16-5-3-15(4-6-16)17(20)8-10-19-9-7-13-1-2-14(11-13)12-19/h3-6,13-14H,1-2,7-12H2/t13-,14+/m1/s1. The Balaban J connectivity index is 1.51. The van der Waals surface area contributed by atoms with Crippen LogP contribution < -0.4 is 0 Å². The molecule has 1 aliphatic heterocycles. The summed E-state index contributed by atoms with van der Waals surface area (Å²) in [7, 11) is 0. The molecule has 2 nitrogen and oxygen atoms in total. The van der Waals surface area contributed by atoms with Crippen molar-refractivity contribution < 1.29 is 4.79 Å². The second kappa shape index (κ2) is 6.28. The van der Waals surface area contributed by atoms with Gasteiger partial charge in [0, 0.05) is 30.1 Å². The number of carbonyl (C=O) groups excluding carboxylic acids is 1. The van der Waals surface area contributed by atoms with Gasteiger partial charge in [0.25, 0.3) is 0 Å². The molecule has 2 atom stereocenters. The molecule has 0 N–H and O–H groups in total. The Bertz CT molecular complexity index is 470. The lowest BCUT2D eigenvalue weighted by Crippen LogP contribution is -2.31. The van der Waals surface area contributed by atoms with Gasteiger partial charge >= 0.3 is 0 Å². The Morgan fingerprint density at radius 3 is 2.70 bits per heavy atom. The van der Waals surface area contributed by atoms with Gasteiger partial charge in [0.05, 0.1) is 0 Å². The summed E-state index contributed by atoms with van der Waals surface area (Å²) in [5, 5.41) is 0.685. The lowest BCUT2D eigenvalue weighted by Gasteiger charge is -2.24. The van der Waals surface area contributed by atoms with Gasteiger partial charge in [-0.1, -0.05) is 18.0 Å². The molecule has 20 heavy (non-hydrogen) atoms. The van der Waals surface area contributed by atoms with Crippen LogP contribution in [0.3, 0.4) is 0 Å². The number of fused-ring (bicyclic) bond motifs is 2. The molecule has 0 spiro atoms. The van der Waals surface area contributed by atoms with E-state index in [-0.39, 0.29) is 5.78 Å². The van der Waals surface area contributed by atoms with Crippen LogP contribution >= 0.6 is 11.6 Å². The maximum absolute atomic E-state index is 12.2. The summed E-state index contributed by atoms with van der Waals surface area (Å²) in [6.45, 7) is 3.28. The minimum atomic E-state index is 0.232. The highest BCUT2D eigenvalue weighted by Gasteiger charge is 2.29. The van der Waals surface area contributed by atoms with Gasteiger partial charge in [-0.2, -0.15) is 0 Å². The van der Waals surface area contributed by atoms with Crippen LogP contribution in [0.5, 0.6) is 0 Å². The fraction of sp³-hybridized carbons (Fsp3) is 0.588. The molecule has 2 aliphatic rings. The summed E-state index contributed by atoms with van der Waals surface area (Å²) in [6.07, 6.45) is 6.20. The van der Waals surface area contributed by atoms with Crippen LogP contribution in [0, 0.1) is 11.8 Å². The third kappa shape index (κ3) is 3.42. The summed E-state index contributed by atoms with van der Waals surface area (Å²) < 4.78 is 0. The lowest BCUT2D eigenvalue weighted by molar-refractivity contribution is 0.0960. The normalized spacial score (nSPS) is 26.4. The molecule has 3 heteroatoms. The number of hydrogen-bond acceptors (Lipinski definition) is 2. The van der Waals surface area contributed by atoms with Crippen molar-refractivity contribution in [2.45, 2.75) is 32.1 Å². The molecule has 1 heterocycles. The summed E-state index contributed by atoms with van der Waals surface area (Å²) in [6, 6.07) is 7.24. The number of likely N-dealkylation sites (tertiary alicyclic amines) is 1. The van der Waals surface area contributed by atoms with Crippen molar-refractivity contribution >= 4 is 17.4 Å². The summed E-state index contributed by atoms with van der Waals surface area (Å²) in [5.41, 5.74) is 0.783. The molecule has 1 saturated heterocycles. The molecular formula is C17H22ClNO.